The highest BCUT2D eigenvalue weighted by Crippen LogP contribution is 2.08. The molecule has 0 spiro atoms. The van der Waals surface area contributed by atoms with E-state index in [4.69, 9.17) is 11.5 Å². The third kappa shape index (κ3) is 10.4. The molecule has 1 rings (SSSR count). The average molecular weight is 510 g/mol. The number of primary amides is 1. The number of hydrogen-bond donors (Lipinski definition) is 7. The minimum atomic E-state index is -1.27. The highest BCUT2D eigenvalue weighted by molar-refractivity contribution is 7.80. The number of benzene rings is 1. The second-order valence-electron chi connectivity index (χ2n) is 8.31. The second-order valence-corrected chi connectivity index (χ2v) is 8.68. The van der Waals surface area contributed by atoms with Gasteiger partial charge in [0.05, 0.1) is 6.04 Å². The first-order valence-corrected chi connectivity index (χ1v) is 12.0. The van der Waals surface area contributed by atoms with Gasteiger partial charge in [0, 0.05) is 18.6 Å². The van der Waals surface area contributed by atoms with E-state index in [-0.39, 0.29) is 30.9 Å². The first-order chi connectivity index (χ1) is 16.5. The van der Waals surface area contributed by atoms with Crippen molar-refractivity contribution in [3.05, 3.63) is 35.9 Å². The van der Waals surface area contributed by atoms with Crippen LogP contribution >= 0.6 is 12.6 Å². The summed E-state index contributed by atoms with van der Waals surface area (Å²) in [6.07, 6.45) is 0.284. The molecule has 0 saturated carbocycles. The van der Waals surface area contributed by atoms with Crippen LogP contribution in [0.4, 0.5) is 0 Å². The number of thiol groups is 1. The van der Waals surface area contributed by atoms with Crippen LogP contribution in [0.15, 0.2) is 30.3 Å². The number of rotatable bonds is 15. The van der Waals surface area contributed by atoms with Gasteiger partial charge in [0.2, 0.25) is 23.6 Å². The van der Waals surface area contributed by atoms with Crippen molar-refractivity contribution < 1.29 is 29.1 Å². The van der Waals surface area contributed by atoms with Gasteiger partial charge in [0.1, 0.15) is 18.1 Å². The van der Waals surface area contributed by atoms with E-state index in [0.29, 0.717) is 12.0 Å². The van der Waals surface area contributed by atoms with E-state index in [9.17, 15) is 29.1 Å². The molecule has 4 amide bonds. The van der Waals surface area contributed by atoms with Gasteiger partial charge >= 0.3 is 5.97 Å². The van der Waals surface area contributed by atoms with Gasteiger partial charge < -0.3 is 32.5 Å². The minimum absolute atomic E-state index is 0.0151. The van der Waals surface area contributed by atoms with Crippen LogP contribution in [0.3, 0.4) is 0 Å². The predicted molar refractivity (Wildman–Crippen MR) is 133 cm³/mol. The lowest BCUT2D eigenvalue weighted by atomic mass is 9.99. The van der Waals surface area contributed by atoms with Gasteiger partial charge in [-0.1, -0.05) is 50.6 Å². The van der Waals surface area contributed by atoms with Crippen molar-refractivity contribution in [1.29, 1.82) is 0 Å². The molecular formula is C23H35N5O6S. The number of hydrogen-bond acceptors (Lipinski definition) is 7. The molecule has 0 bridgehead atoms. The summed E-state index contributed by atoms with van der Waals surface area (Å²) in [4.78, 5) is 61.1. The van der Waals surface area contributed by atoms with Gasteiger partial charge in [0.15, 0.2) is 0 Å². The van der Waals surface area contributed by atoms with Gasteiger partial charge in [-0.2, -0.15) is 12.6 Å². The Morgan fingerprint density at radius 3 is 2.00 bits per heavy atom. The zero-order valence-electron chi connectivity index (χ0n) is 19.9. The first kappa shape index (κ1) is 29.9. The molecule has 1 aromatic rings. The SMILES string of the molecule is CCC(C)C(N)C(=O)NC(CS)C(=O)NC(CCC(N)=O)C(=O)NC(Cc1ccccc1)C(=O)O. The topological polar surface area (TPSA) is 194 Å². The van der Waals surface area contributed by atoms with Gasteiger partial charge in [-0.3, -0.25) is 19.2 Å². The third-order valence-electron chi connectivity index (χ3n) is 5.58. The second kappa shape index (κ2) is 15.0. The molecule has 0 aliphatic rings. The summed E-state index contributed by atoms with van der Waals surface area (Å²) >= 11 is 4.10. The predicted octanol–water partition coefficient (Wildman–Crippen LogP) is -0.663. The Kier molecular flexibility index (Phi) is 12.8. The molecular weight excluding hydrogens is 474 g/mol. The fourth-order valence-electron chi connectivity index (χ4n) is 3.12. The molecule has 35 heavy (non-hydrogen) atoms. The molecule has 11 nitrogen and oxygen atoms in total. The van der Waals surface area contributed by atoms with E-state index in [1.807, 2.05) is 6.92 Å². The summed E-state index contributed by atoms with van der Waals surface area (Å²) in [5, 5.41) is 16.9. The van der Waals surface area contributed by atoms with Gasteiger partial charge in [-0.25, -0.2) is 4.79 Å². The molecule has 0 saturated heterocycles. The molecule has 0 heterocycles. The van der Waals surface area contributed by atoms with Crippen molar-refractivity contribution in [2.24, 2.45) is 17.4 Å². The smallest absolute Gasteiger partial charge is 0.326 e. The van der Waals surface area contributed by atoms with E-state index < -0.39 is 53.8 Å². The normalized spacial score (nSPS) is 15.1. The van der Waals surface area contributed by atoms with Gasteiger partial charge in [0.25, 0.3) is 0 Å². The zero-order chi connectivity index (χ0) is 26.5. The molecule has 12 heteroatoms. The number of amides is 4. The van der Waals surface area contributed by atoms with Crippen LogP contribution in [0.25, 0.3) is 0 Å². The maximum atomic E-state index is 12.9. The van der Waals surface area contributed by atoms with E-state index in [0.717, 1.165) is 0 Å². The van der Waals surface area contributed by atoms with Crippen molar-refractivity contribution in [1.82, 2.24) is 16.0 Å². The Bertz CT molecular complexity index is 884. The molecule has 194 valence electrons. The van der Waals surface area contributed by atoms with Crippen LogP contribution in [0.2, 0.25) is 0 Å². The number of aliphatic carboxylic acids is 1. The Morgan fingerprint density at radius 1 is 0.943 bits per heavy atom. The van der Waals surface area contributed by atoms with Gasteiger partial charge in [-0.05, 0) is 17.9 Å². The molecule has 5 atom stereocenters. The van der Waals surface area contributed by atoms with Crippen molar-refractivity contribution in [3.63, 3.8) is 0 Å². The summed E-state index contributed by atoms with van der Waals surface area (Å²) in [5.41, 5.74) is 11.8. The monoisotopic (exact) mass is 509 g/mol. The molecule has 0 aliphatic carbocycles. The highest BCUT2D eigenvalue weighted by atomic mass is 32.1. The van der Waals surface area contributed by atoms with Crippen molar-refractivity contribution in [2.75, 3.05) is 5.75 Å². The van der Waals surface area contributed by atoms with Crippen LogP contribution in [0, 0.1) is 5.92 Å². The molecule has 8 N–H and O–H groups in total. The lowest BCUT2D eigenvalue weighted by Crippen LogP contribution is -2.58. The lowest BCUT2D eigenvalue weighted by Gasteiger charge is -2.25. The fourth-order valence-corrected chi connectivity index (χ4v) is 3.38. The van der Waals surface area contributed by atoms with Crippen LogP contribution in [-0.2, 0) is 30.4 Å². The highest BCUT2D eigenvalue weighted by Gasteiger charge is 2.30. The van der Waals surface area contributed by atoms with Crippen molar-refractivity contribution in [2.45, 2.75) is 63.7 Å². The van der Waals surface area contributed by atoms with Crippen LogP contribution in [0.5, 0.6) is 0 Å². The first-order valence-electron chi connectivity index (χ1n) is 11.3. The lowest BCUT2D eigenvalue weighted by molar-refractivity contribution is -0.142. The summed E-state index contributed by atoms with van der Waals surface area (Å²) in [7, 11) is 0. The fraction of sp³-hybridized carbons (Fsp3) is 0.522. The molecule has 0 aromatic heterocycles. The largest absolute Gasteiger partial charge is 0.480 e. The molecule has 0 aliphatic heterocycles. The Balaban J connectivity index is 2.94. The van der Waals surface area contributed by atoms with E-state index in [1.165, 1.54) is 0 Å². The number of carboxylic acid groups (broad SMARTS) is 1. The van der Waals surface area contributed by atoms with Crippen molar-refractivity contribution >= 4 is 42.2 Å². The number of carbonyl (C=O) groups is 5. The van der Waals surface area contributed by atoms with Crippen LogP contribution in [-0.4, -0.2) is 64.6 Å². The minimum Gasteiger partial charge on any atom is -0.480 e. The quantitative estimate of drug-likeness (QED) is 0.152. The number of nitrogens with two attached hydrogens (primary N) is 2. The number of carboxylic acids is 1. The standard InChI is InChI=1S/C23H35N5O6S/c1-3-13(2)19(25)22(32)28-17(12-35)21(31)26-15(9-10-18(24)29)20(30)27-16(23(33)34)11-14-7-5-4-6-8-14/h4-8,13,15-17,19,35H,3,9-12,25H2,1-2H3,(H2,24,29)(H,26,31)(H,27,30)(H,28,32)(H,33,34). The molecule has 0 radical (unpaired) electrons. The summed E-state index contributed by atoms with van der Waals surface area (Å²) < 4.78 is 0. The summed E-state index contributed by atoms with van der Waals surface area (Å²) in [6.45, 7) is 3.68. The van der Waals surface area contributed by atoms with Crippen molar-refractivity contribution in [3.8, 4) is 0 Å². The van der Waals surface area contributed by atoms with Crippen LogP contribution < -0.4 is 27.4 Å². The third-order valence-corrected chi connectivity index (χ3v) is 5.95. The van der Waals surface area contributed by atoms with Crippen LogP contribution in [0.1, 0.15) is 38.7 Å². The zero-order valence-corrected chi connectivity index (χ0v) is 20.8. The Labute approximate surface area is 210 Å². The Hall–Kier alpha value is -3.12. The summed E-state index contributed by atoms with van der Waals surface area (Å²) in [5.74, 6) is -4.24. The number of nitrogens with one attached hydrogen (secondary N) is 3. The van der Waals surface area contributed by atoms with E-state index in [2.05, 4.69) is 28.6 Å². The average Bonchev–Trinajstić information content (AvgIpc) is 2.83. The maximum absolute atomic E-state index is 12.9. The van der Waals surface area contributed by atoms with E-state index >= 15 is 0 Å². The van der Waals surface area contributed by atoms with E-state index in [1.54, 1.807) is 37.3 Å². The molecule has 0 fully saturated rings. The Morgan fingerprint density at radius 2 is 1.49 bits per heavy atom. The molecule has 1 aromatic carbocycles. The summed E-state index contributed by atoms with van der Waals surface area (Å²) in [6, 6.07) is 4.22. The molecule has 5 unspecified atom stereocenters. The maximum Gasteiger partial charge on any atom is 0.326 e. The number of carbonyl (C=O) groups excluding carboxylic acids is 4. The van der Waals surface area contributed by atoms with Gasteiger partial charge in [-0.15, -0.1) is 0 Å².